The van der Waals surface area contributed by atoms with Crippen LogP contribution >= 0.6 is 12.6 Å². The second-order valence-electron chi connectivity index (χ2n) is 4.45. The summed E-state index contributed by atoms with van der Waals surface area (Å²) in [4.78, 5) is 13.7. The highest BCUT2D eigenvalue weighted by atomic mass is 32.1. The first-order valence-corrected chi connectivity index (χ1v) is 6.37. The van der Waals surface area contributed by atoms with Gasteiger partial charge in [-0.15, -0.1) is 0 Å². The molecule has 1 aromatic carbocycles. The van der Waals surface area contributed by atoms with E-state index in [1.165, 1.54) is 5.56 Å². The molecule has 17 heavy (non-hydrogen) atoms. The number of thiol groups is 1. The molecule has 0 saturated carbocycles. The number of hydrogen-bond acceptors (Lipinski definition) is 3. The molecule has 1 aliphatic heterocycles. The van der Waals surface area contributed by atoms with Crippen LogP contribution < -0.4 is 4.90 Å². The van der Waals surface area contributed by atoms with Crippen molar-refractivity contribution in [1.82, 2.24) is 0 Å². The Bertz CT molecular complexity index is 420. The lowest BCUT2D eigenvalue weighted by Crippen LogP contribution is -2.42. The Morgan fingerprint density at radius 3 is 2.88 bits per heavy atom. The first-order valence-electron chi connectivity index (χ1n) is 5.85. The lowest BCUT2D eigenvalue weighted by molar-refractivity contribution is 0.121. The van der Waals surface area contributed by atoms with Crippen LogP contribution in [0, 0.1) is 0 Å². The highest BCUT2D eigenvalue weighted by molar-refractivity contribution is 7.81. The van der Waals surface area contributed by atoms with E-state index in [4.69, 9.17) is 4.74 Å². The van der Waals surface area contributed by atoms with E-state index in [2.05, 4.69) is 12.6 Å². The number of hydrogen-bond donors (Lipinski definition) is 1. The van der Waals surface area contributed by atoms with E-state index in [-0.39, 0.29) is 17.6 Å². The predicted octanol–water partition coefficient (Wildman–Crippen LogP) is 3.24. The largest absolute Gasteiger partial charge is 0.446 e. The molecule has 0 fully saturated rings. The molecule has 1 aliphatic rings. The van der Waals surface area contributed by atoms with Gasteiger partial charge in [-0.2, -0.15) is 12.6 Å². The van der Waals surface area contributed by atoms with E-state index in [9.17, 15) is 4.79 Å². The van der Waals surface area contributed by atoms with Crippen molar-refractivity contribution < 1.29 is 9.53 Å². The number of carbonyl (C=O) groups is 1. The molecule has 2 rings (SSSR count). The van der Waals surface area contributed by atoms with Crippen molar-refractivity contribution in [1.29, 1.82) is 0 Å². The standard InChI is InChI=1S/C13H17NO2S/c1-9(2)16-13(15)14-11-6-4-3-5-10(11)7-8-12(14)17/h3-6,9,12,17H,7-8H2,1-2H3. The van der Waals surface area contributed by atoms with Gasteiger partial charge in [0.05, 0.1) is 17.2 Å². The third-order valence-electron chi connectivity index (χ3n) is 2.75. The van der Waals surface area contributed by atoms with Crippen LogP contribution in [-0.4, -0.2) is 17.6 Å². The monoisotopic (exact) mass is 251 g/mol. The van der Waals surface area contributed by atoms with Crippen molar-refractivity contribution >= 4 is 24.4 Å². The number of carbonyl (C=O) groups excluding carboxylic acids is 1. The number of amides is 1. The summed E-state index contributed by atoms with van der Waals surface area (Å²) in [5.41, 5.74) is 2.10. The van der Waals surface area contributed by atoms with E-state index >= 15 is 0 Å². The van der Waals surface area contributed by atoms with Crippen molar-refractivity contribution in [3.05, 3.63) is 29.8 Å². The molecule has 0 bridgehead atoms. The van der Waals surface area contributed by atoms with Gasteiger partial charge in [-0.3, -0.25) is 4.90 Å². The van der Waals surface area contributed by atoms with Crippen LogP contribution in [0.15, 0.2) is 24.3 Å². The smallest absolute Gasteiger partial charge is 0.415 e. The maximum absolute atomic E-state index is 12.0. The Labute approximate surface area is 107 Å². The molecule has 1 amide bonds. The molecule has 0 saturated heterocycles. The van der Waals surface area contributed by atoms with Crippen molar-refractivity contribution in [3.63, 3.8) is 0 Å². The Morgan fingerprint density at radius 1 is 1.47 bits per heavy atom. The molecular weight excluding hydrogens is 234 g/mol. The number of ether oxygens (including phenoxy) is 1. The zero-order chi connectivity index (χ0) is 12.4. The van der Waals surface area contributed by atoms with E-state index in [0.717, 1.165) is 18.5 Å². The first-order chi connectivity index (χ1) is 8.09. The molecule has 3 nitrogen and oxygen atoms in total. The fourth-order valence-electron chi connectivity index (χ4n) is 2.01. The Balaban J connectivity index is 2.29. The van der Waals surface area contributed by atoms with Gasteiger partial charge < -0.3 is 4.74 Å². The summed E-state index contributed by atoms with van der Waals surface area (Å²) in [6.07, 6.45) is 1.38. The van der Waals surface area contributed by atoms with Crippen LogP contribution in [0.2, 0.25) is 0 Å². The number of para-hydroxylation sites is 1. The van der Waals surface area contributed by atoms with E-state index < -0.39 is 0 Å². The lowest BCUT2D eigenvalue weighted by atomic mass is 10.0. The summed E-state index contributed by atoms with van der Waals surface area (Å²) in [5.74, 6) is 0. The van der Waals surface area contributed by atoms with E-state index in [1.54, 1.807) is 4.90 Å². The zero-order valence-corrected chi connectivity index (χ0v) is 11.0. The minimum absolute atomic E-state index is 0.101. The van der Waals surface area contributed by atoms with Gasteiger partial charge in [0.2, 0.25) is 0 Å². The summed E-state index contributed by atoms with van der Waals surface area (Å²) in [7, 11) is 0. The van der Waals surface area contributed by atoms with Gasteiger partial charge in [-0.25, -0.2) is 4.79 Å². The number of anilines is 1. The second kappa shape index (κ2) is 5.00. The second-order valence-corrected chi connectivity index (χ2v) is 5.05. The average Bonchev–Trinajstić information content (AvgIpc) is 2.27. The third-order valence-corrected chi connectivity index (χ3v) is 3.24. The molecular formula is C13H17NO2S. The molecule has 0 aromatic heterocycles. The van der Waals surface area contributed by atoms with Gasteiger partial charge in [0.25, 0.3) is 0 Å². The molecule has 92 valence electrons. The number of nitrogens with zero attached hydrogens (tertiary/aromatic N) is 1. The quantitative estimate of drug-likeness (QED) is 0.776. The van der Waals surface area contributed by atoms with E-state index in [1.807, 2.05) is 38.1 Å². The lowest BCUT2D eigenvalue weighted by Gasteiger charge is -2.34. The Kier molecular flexibility index (Phi) is 3.62. The average molecular weight is 251 g/mol. The van der Waals surface area contributed by atoms with E-state index in [0.29, 0.717) is 0 Å². The number of rotatable bonds is 1. The topological polar surface area (TPSA) is 29.5 Å². The van der Waals surface area contributed by atoms with Crippen molar-refractivity contribution in [3.8, 4) is 0 Å². The zero-order valence-electron chi connectivity index (χ0n) is 10.1. The van der Waals surface area contributed by atoms with Crippen molar-refractivity contribution in [2.75, 3.05) is 4.90 Å². The number of aryl methyl sites for hydroxylation is 1. The van der Waals surface area contributed by atoms with Crippen LogP contribution in [0.3, 0.4) is 0 Å². The SMILES string of the molecule is CC(C)OC(=O)N1c2ccccc2CCC1S. The van der Waals surface area contributed by atoms with Gasteiger partial charge in [-0.1, -0.05) is 18.2 Å². The van der Waals surface area contributed by atoms with Gasteiger partial charge in [0.15, 0.2) is 0 Å². The van der Waals surface area contributed by atoms with Crippen LogP contribution in [0.25, 0.3) is 0 Å². The Morgan fingerprint density at radius 2 is 2.18 bits per heavy atom. The molecule has 1 atom stereocenters. The fraction of sp³-hybridized carbons (Fsp3) is 0.462. The highest BCUT2D eigenvalue weighted by Crippen LogP contribution is 2.32. The van der Waals surface area contributed by atoms with Gasteiger partial charge in [0.1, 0.15) is 0 Å². The molecule has 0 aliphatic carbocycles. The van der Waals surface area contributed by atoms with Gasteiger partial charge >= 0.3 is 6.09 Å². The fourth-order valence-corrected chi connectivity index (χ4v) is 2.36. The Hall–Kier alpha value is -1.16. The number of fused-ring (bicyclic) bond motifs is 1. The molecule has 4 heteroatoms. The minimum atomic E-state index is -0.313. The maximum Gasteiger partial charge on any atom is 0.415 e. The van der Waals surface area contributed by atoms with Gasteiger partial charge in [0, 0.05) is 0 Å². The van der Waals surface area contributed by atoms with Gasteiger partial charge in [-0.05, 0) is 38.3 Å². The van der Waals surface area contributed by atoms with Crippen LogP contribution in [0.5, 0.6) is 0 Å². The summed E-state index contributed by atoms with van der Waals surface area (Å²) >= 11 is 4.47. The molecule has 1 heterocycles. The molecule has 0 N–H and O–H groups in total. The van der Waals surface area contributed by atoms with Crippen LogP contribution in [-0.2, 0) is 11.2 Å². The third kappa shape index (κ3) is 2.57. The summed E-state index contributed by atoms with van der Waals surface area (Å²) in [6.45, 7) is 3.70. The highest BCUT2D eigenvalue weighted by Gasteiger charge is 2.30. The summed E-state index contributed by atoms with van der Waals surface area (Å²) in [6, 6.07) is 7.91. The van der Waals surface area contributed by atoms with Crippen molar-refractivity contribution in [2.45, 2.75) is 38.2 Å². The van der Waals surface area contributed by atoms with Crippen molar-refractivity contribution in [2.24, 2.45) is 0 Å². The molecule has 0 radical (unpaired) electrons. The predicted molar refractivity (Wildman–Crippen MR) is 71.6 cm³/mol. The molecule has 1 aromatic rings. The van der Waals surface area contributed by atoms with Crippen LogP contribution in [0.1, 0.15) is 25.8 Å². The minimum Gasteiger partial charge on any atom is -0.446 e. The molecule has 0 spiro atoms. The molecule has 1 unspecified atom stereocenters. The number of benzene rings is 1. The summed E-state index contributed by atoms with van der Waals surface area (Å²) in [5, 5.41) is -0.101. The first kappa shape index (κ1) is 12.3. The maximum atomic E-state index is 12.0. The van der Waals surface area contributed by atoms with Crippen LogP contribution in [0.4, 0.5) is 10.5 Å². The summed E-state index contributed by atoms with van der Waals surface area (Å²) < 4.78 is 5.26. The normalized spacial score (nSPS) is 19.1.